The first-order chi connectivity index (χ1) is 6.29. The van der Waals surface area contributed by atoms with E-state index in [1.807, 2.05) is 30.3 Å². The van der Waals surface area contributed by atoms with E-state index in [0.717, 1.165) is 11.7 Å². The molecule has 72 valence electrons. The lowest BCUT2D eigenvalue weighted by molar-refractivity contribution is 0.664. The van der Waals surface area contributed by atoms with Gasteiger partial charge in [-0.1, -0.05) is 18.2 Å². The summed E-state index contributed by atoms with van der Waals surface area (Å²) >= 11 is 0. The molecule has 1 aromatic rings. The third-order valence-corrected chi connectivity index (χ3v) is 2.11. The lowest BCUT2D eigenvalue weighted by Crippen LogP contribution is -2.16. The van der Waals surface area contributed by atoms with E-state index in [1.165, 1.54) is 19.4 Å². The Morgan fingerprint density at radius 3 is 2.23 bits per heavy atom. The monoisotopic (exact) mass is 178 g/mol. The fourth-order valence-electron chi connectivity index (χ4n) is 1.31. The topological polar surface area (TPSA) is 38.0 Å². The highest BCUT2D eigenvalue weighted by atomic mass is 14.9. The van der Waals surface area contributed by atoms with Crippen LogP contribution in [0.5, 0.6) is 0 Å². The van der Waals surface area contributed by atoms with Crippen LogP contribution >= 0.6 is 0 Å². The molecule has 13 heavy (non-hydrogen) atoms. The second kappa shape index (κ2) is 5.60. The summed E-state index contributed by atoms with van der Waals surface area (Å²) in [6, 6.07) is 10.3. The number of anilines is 1. The predicted molar refractivity (Wildman–Crippen MR) is 57.6 cm³/mol. The van der Waals surface area contributed by atoms with Crippen LogP contribution in [0, 0.1) is 0 Å². The summed E-state index contributed by atoms with van der Waals surface area (Å²) in [5, 5.41) is 3.32. The van der Waals surface area contributed by atoms with Crippen LogP contribution in [0.3, 0.4) is 0 Å². The standard InChI is InChI=1S/C6H7N.C5H11N/c7-6-4-2-1-3-5-6;1-5-3-2-4-6-5/h1-5H,7H2;5-6H,2-4H2,1H3. The van der Waals surface area contributed by atoms with E-state index < -0.39 is 0 Å². The van der Waals surface area contributed by atoms with E-state index in [-0.39, 0.29) is 0 Å². The molecule has 1 atom stereocenters. The maximum atomic E-state index is 5.36. The Morgan fingerprint density at radius 1 is 1.31 bits per heavy atom. The fraction of sp³-hybridized carbons (Fsp3) is 0.455. The lowest BCUT2D eigenvalue weighted by atomic mass is 10.3. The minimum Gasteiger partial charge on any atom is -0.399 e. The van der Waals surface area contributed by atoms with Gasteiger partial charge < -0.3 is 11.1 Å². The minimum atomic E-state index is 0.796. The van der Waals surface area contributed by atoms with E-state index in [4.69, 9.17) is 5.73 Å². The largest absolute Gasteiger partial charge is 0.399 e. The molecule has 2 rings (SSSR count). The smallest absolute Gasteiger partial charge is 0.0313 e. The van der Waals surface area contributed by atoms with Crippen molar-refractivity contribution in [1.29, 1.82) is 0 Å². The molecule has 1 aliphatic rings. The second-order valence-electron chi connectivity index (χ2n) is 3.41. The maximum absolute atomic E-state index is 5.36. The molecule has 0 radical (unpaired) electrons. The van der Waals surface area contributed by atoms with Crippen LogP contribution in [0.15, 0.2) is 30.3 Å². The zero-order chi connectivity index (χ0) is 9.52. The van der Waals surface area contributed by atoms with Gasteiger partial charge in [0, 0.05) is 11.7 Å². The summed E-state index contributed by atoms with van der Waals surface area (Å²) < 4.78 is 0. The molecular weight excluding hydrogens is 160 g/mol. The van der Waals surface area contributed by atoms with E-state index in [2.05, 4.69) is 12.2 Å². The molecule has 2 heteroatoms. The van der Waals surface area contributed by atoms with Crippen LogP contribution in [0.1, 0.15) is 19.8 Å². The van der Waals surface area contributed by atoms with Crippen LogP contribution in [0.4, 0.5) is 5.69 Å². The number of benzene rings is 1. The number of nitrogens with two attached hydrogens (primary N) is 1. The molecule has 0 aliphatic carbocycles. The summed E-state index contributed by atoms with van der Waals surface area (Å²) in [5.74, 6) is 0. The summed E-state index contributed by atoms with van der Waals surface area (Å²) in [4.78, 5) is 0. The number of nitrogens with one attached hydrogen (secondary N) is 1. The zero-order valence-corrected chi connectivity index (χ0v) is 8.16. The van der Waals surface area contributed by atoms with Crippen molar-refractivity contribution in [3.63, 3.8) is 0 Å². The highest BCUT2D eigenvalue weighted by molar-refractivity contribution is 5.35. The average molecular weight is 178 g/mol. The summed E-state index contributed by atoms with van der Waals surface area (Å²) in [5.41, 5.74) is 6.18. The van der Waals surface area contributed by atoms with Crippen molar-refractivity contribution in [2.75, 3.05) is 12.3 Å². The van der Waals surface area contributed by atoms with Crippen LogP contribution < -0.4 is 11.1 Å². The predicted octanol–water partition coefficient (Wildman–Crippen LogP) is 2.03. The van der Waals surface area contributed by atoms with E-state index in [9.17, 15) is 0 Å². The first-order valence-electron chi connectivity index (χ1n) is 4.83. The zero-order valence-electron chi connectivity index (χ0n) is 8.16. The van der Waals surface area contributed by atoms with Crippen molar-refractivity contribution in [1.82, 2.24) is 5.32 Å². The normalized spacial score (nSPS) is 20.5. The quantitative estimate of drug-likeness (QED) is 0.596. The Labute approximate surface area is 80.1 Å². The van der Waals surface area contributed by atoms with Crippen LogP contribution in [-0.2, 0) is 0 Å². The van der Waals surface area contributed by atoms with Gasteiger partial charge in [-0.25, -0.2) is 0 Å². The molecule has 0 bridgehead atoms. The fourth-order valence-corrected chi connectivity index (χ4v) is 1.31. The first kappa shape index (κ1) is 10.1. The highest BCUT2D eigenvalue weighted by Gasteiger charge is 2.05. The Bertz CT molecular complexity index is 215. The summed E-state index contributed by atoms with van der Waals surface area (Å²) in [6.07, 6.45) is 2.75. The van der Waals surface area contributed by atoms with Gasteiger partial charge in [0.1, 0.15) is 0 Å². The van der Waals surface area contributed by atoms with Gasteiger partial charge in [-0.2, -0.15) is 0 Å². The second-order valence-corrected chi connectivity index (χ2v) is 3.41. The van der Waals surface area contributed by atoms with Crippen LogP contribution in [0.2, 0.25) is 0 Å². The molecule has 0 amide bonds. The number of nitrogen functional groups attached to an aromatic ring is 1. The molecule has 1 heterocycles. The third-order valence-electron chi connectivity index (χ3n) is 2.11. The Kier molecular flexibility index (Phi) is 4.33. The number of para-hydroxylation sites is 1. The Balaban J connectivity index is 0.000000132. The van der Waals surface area contributed by atoms with Gasteiger partial charge in [0.05, 0.1) is 0 Å². The minimum absolute atomic E-state index is 0.796. The van der Waals surface area contributed by atoms with Crippen LogP contribution in [0.25, 0.3) is 0 Å². The molecule has 2 nitrogen and oxygen atoms in total. The van der Waals surface area contributed by atoms with Gasteiger partial charge in [-0.05, 0) is 38.4 Å². The molecule has 1 aliphatic heterocycles. The van der Waals surface area contributed by atoms with Crippen LogP contribution in [-0.4, -0.2) is 12.6 Å². The SMILES string of the molecule is CC1CCCN1.Nc1ccccc1. The number of hydrogen-bond donors (Lipinski definition) is 2. The lowest BCUT2D eigenvalue weighted by Gasteiger charge is -1.95. The molecule has 1 saturated heterocycles. The molecule has 0 spiro atoms. The molecule has 0 aromatic heterocycles. The molecular formula is C11H18N2. The van der Waals surface area contributed by atoms with E-state index in [1.54, 1.807) is 0 Å². The van der Waals surface area contributed by atoms with E-state index in [0.29, 0.717) is 0 Å². The van der Waals surface area contributed by atoms with Crippen molar-refractivity contribution in [3.8, 4) is 0 Å². The third kappa shape index (κ3) is 4.53. The van der Waals surface area contributed by atoms with Crippen molar-refractivity contribution in [3.05, 3.63) is 30.3 Å². The number of hydrogen-bond acceptors (Lipinski definition) is 2. The molecule has 3 N–H and O–H groups in total. The van der Waals surface area contributed by atoms with Gasteiger partial charge in [-0.3, -0.25) is 0 Å². The summed E-state index contributed by atoms with van der Waals surface area (Å²) in [7, 11) is 0. The Morgan fingerprint density at radius 2 is 2.00 bits per heavy atom. The Hall–Kier alpha value is -1.02. The molecule has 1 unspecified atom stereocenters. The van der Waals surface area contributed by atoms with E-state index >= 15 is 0 Å². The maximum Gasteiger partial charge on any atom is 0.0313 e. The molecule has 1 aromatic carbocycles. The average Bonchev–Trinajstić information content (AvgIpc) is 2.58. The van der Waals surface area contributed by atoms with Crippen molar-refractivity contribution < 1.29 is 0 Å². The van der Waals surface area contributed by atoms with Gasteiger partial charge in [-0.15, -0.1) is 0 Å². The first-order valence-corrected chi connectivity index (χ1v) is 4.83. The van der Waals surface area contributed by atoms with Crippen molar-refractivity contribution in [2.45, 2.75) is 25.8 Å². The van der Waals surface area contributed by atoms with Gasteiger partial charge in [0.25, 0.3) is 0 Å². The van der Waals surface area contributed by atoms with Crippen molar-refractivity contribution >= 4 is 5.69 Å². The van der Waals surface area contributed by atoms with Crippen molar-refractivity contribution in [2.24, 2.45) is 0 Å². The molecule has 1 fully saturated rings. The van der Waals surface area contributed by atoms with Gasteiger partial charge in [0.2, 0.25) is 0 Å². The van der Waals surface area contributed by atoms with Gasteiger partial charge >= 0.3 is 0 Å². The highest BCUT2D eigenvalue weighted by Crippen LogP contribution is 2.01. The van der Waals surface area contributed by atoms with Gasteiger partial charge in [0.15, 0.2) is 0 Å². The molecule has 0 saturated carbocycles. The summed E-state index contributed by atoms with van der Waals surface area (Å²) in [6.45, 7) is 3.47. The number of rotatable bonds is 0.